The van der Waals surface area contributed by atoms with Crippen LogP contribution in [0.5, 0.6) is 0 Å². The van der Waals surface area contributed by atoms with Crippen molar-refractivity contribution in [2.45, 2.75) is 25.4 Å². The molecule has 0 bridgehead atoms. The van der Waals surface area contributed by atoms with Gasteiger partial charge in [0.2, 0.25) is 5.91 Å². The number of benzene rings is 2. The molecule has 4 N–H and O–H groups in total. The summed E-state index contributed by atoms with van der Waals surface area (Å²) in [6, 6.07) is 10.7. The Hall–Kier alpha value is -3.23. The van der Waals surface area contributed by atoms with E-state index >= 15 is 0 Å². The van der Waals surface area contributed by atoms with Crippen LogP contribution in [-0.4, -0.2) is 38.6 Å². The number of nitrogens with zero attached hydrogens (tertiary/aromatic N) is 2. The second-order valence-corrected chi connectivity index (χ2v) is 7.82. The Balaban J connectivity index is 1.57. The zero-order valence-electron chi connectivity index (χ0n) is 16.4. The third-order valence-electron chi connectivity index (χ3n) is 5.47. The molecule has 0 radical (unpaired) electrons. The number of fused-ring (bicyclic) bond motifs is 1. The number of aromatic amines is 1. The van der Waals surface area contributed by atoms with E-state index in [-0.39, 0.29) is 16.5 Å². The zero-order chi connectivity index (χ0) is 22.1. The quantitative estimate of drug-likeness (QED) is 0.540. The molecule has 1 atom stereocenters. The molecular formula is C22H20ClFN4O3. The van der Waals surface area contributed by atoms with E-state index in [4.69, 9.17) is 22.4 Å². The van der Waals surface area contributed by atoms with Gasteiger partial charge in [-0.05, 0) is 42.8 Å². The number of rotatable bonds is 6. The highest BCUT2D eigenvalue weighted by Gasteiger charge is 2.33. The van der Waals surface area contributed by atoms with Gasteiger partial charge in [-0.2, -0.15) is 5.10 Å². The maximum atomic E-state index is 13.6. The molecule has 1 aliphatic rings. The van der Waals surface area contributed by atoms with Crippen molar-refractivity contribution in [1.82, 2.24) is 15.1 Å². The van der Waals surface area contributed by atoms with Crippen molar-refractivity contribution in [3.8, 4) is 11.3 Å². The molecule has 1 aromatic heterocycles. The van der Waals surface area contributed by atoms with E-state index in [0.717, 1.165) is 16.8 Å². The second-order valence-electron chi connectivity index (χ2n) is 7.41. The molecule has 0 saturated carbocycles. The molecule has 4 rings (SSSR count). The van der Waals surface area contributed by atoms with Crippen molar-refractivity contribution >= 4 is 23.5 Å². The lowest BCUT2D eigenvalue weighted by Gasteiger charge is -2.23. The highest BCUT2D eigenvalue weighted by molar-refractivity contribution is 6.30. The number of carbonyl (C=O) groups excluding carboxylic acids is 1. The Labute approximate surface area is 182 Å². The standard InChI is InChI=1S/C22H20ClFN4O3/c23-17-9-14(5-6-18(17)24)15(7-8-25)21(29)28-10-16-19(11-28)26-27-20(16)12-1-3-13(4-2-12)22(30)31/h1-6,9,15H,7-8,10-11,25H2,(H,26,27)(H,30,31). The molecule has 3 aromatic rings. The SMILES string of the molecule is NCCC(C(=O)N1Cc2[nH]nc(-c3ccc(C(=O)O)cc3)c2C1)c1ccc(F)c(Cl)c1. The van der Waals surface area contributed by atoms with Crippen molar-refractivity contribution in [3.05, 3.63) is 75.7 Å². The third kappa shape index (κ3) is 4.04. The molecule has 2 heterocycles. The van der Waals surface area contributed by atoms with Gasteiger partial charge < -0.3 is 15.7 Å². The third-order valence-corrected chi connectivity index (χ3v) is 5.76. The van der Waals surface area contributed by atoms with E-state index in [1.165, 1.54) is 24.3 Å². The maximum absolute atomic E-state index is 13.6. The van der Waals surface area contributed by atoms with E-state index in [2.05, 4.69) is 10.2 Å². The van der Waals surface area contributed by atoms with Gasteiger partial charge in [-0.25, -0.2) is 9.18 Å². The van der Waals surface area contributed by atoms with Gasteiger partial charge in [-0.15, -0.1) is 0 Å². The molecule has 160 valence electrons. The Morgan fingerprint density at radius 3 is 2.61 bits per heavy atom. The van der Waals surface area contributed by atoms with Crippen LogP contribution in [0.25, 0.3) is 11.3 Å². The van der Waals surface area contributed by atoms with Crippen LogP contribution in [0.4, 0.5) is 4.39 Å². The van der Waals surface area contributed by atoms with Gasteiger partial charge in [-0.1, -0.05) is 29.8 Å². The van der Waals surface area contributed by atoms with Crippen LogP contribution >= 0.6 is 11.6 Å². The topological polar surface area (TPSA) is 112 Å². The summed E-state index contributed by atoms with van der Waals surface area (Å²) in [4.78, 5) is 26.1. The minimum absolute atomic E-state index is 0.0322. The lowest BCUT2D eigenvalue weighted by molar-refractivity contribution is -0.133. The smallest absolute Gasteiger partial charge is 0.335 e. The summed E-state index contributed by atoms with van der Waals surface area (Å²) >= 11 is 5.92. The molecule has 1 amide bonds. The maximum Gasteiger partial charge on any atom is 0.335 e. The highest BCUT2D eigenvalue weighted by Crippen LogP contribution is 2.34. The van der Waals surface area contributed by atoms with E-state index in [9.17, 15) is 14.0 Å². The molecular weight excluding hydrogens is 423 g/mol. The van der Waals surface area contributed by atoms with E-state index in [0.29, 0.717) is 37.3 Å². The number of nitrogens with two attached hydrogens (primary N) is 1. The zero-order valence-corrected chi connectivity index (χ0v) is 17.2. The molecule has 1 aliphatic heterocycles. The van der Waals surface area contributed by atoms with E-state index in [1.54, 1.807) is 23.1 Å². The highest BCUT2D eigenvalue weighted by atomic mass is 35.5. The van der Waals surface area contributed by atoms with Gasteiger partial charge in [0.05, 0.1) is 41.0 Å². The molecule has 0 fully saturated rings. The molecule has 2 aromatic carbocycles. The van der Waals surface area contributed by atoms with Crippen molar-refractivity contribution < 1.29 is 19.1 Å². The number of halogens is 2. The number of amides is 1. The van der Waals surface area contributed by atoms with Crippen molar-refractivity contribution in [2.24, 2.45) is 5.73 Å². The van der Waals surface area contributed by atoms with Gasteiger partial charge >= 0.3 is 5.97 Å². The monoisotopic (exact) mass is 442 g/mol. The van der Waals surface area contributed by atoms with E-state index < -0.39 is 17.7 Å². The number of carbonyl (C=O) groups is 2. The molecule has 0 aliphatic carbocycles. The summed E-state index contributed by atoms with van der Waals surface area (Å²) in [5.41, 5.74) is 9.71. The number of aromatic nitrogens is 2. The Kier molecular flexibility index (Phi) is 5.75. The van der Waals surface area contributed by atoms with Gasteiger partial charge in [0.15, 0.2) is 0 Å². The summed E-state index contributed by atoms with van der Waals surface area (Å²) in [7, 11) is 0. The second kappa shape index (κ2) is 8.49. The minimum atomic E-state index is -0.998. The number of nitrogens with one attached hydrogen (secondary N) is 1. The van der Waals surface area contributed by atoms with Crippen LogP contribution in [-0.2, 0) is 17.9 Å². The van der Waals surface area contributed by atoms with Crippen molar-refractivity contribution in [1.29, 1.82) is 0 Å². The van der Waals surface area contributed by atoms with Crippen LogP contribution < -0.4 is 5.73 Å². The van der Waals surface area contributed by atoms with Crippen LogP contribution in [0.1, 0.15) is 39.5 Å². The molecule has 1 unspecified atom stereocenters. The number of aromatic carboxylic acids is 1. The van der Waals surface area contributed by atoms with E-state index in [1.807, 2.05) is 0 Å². The average Bonchev–Trinajstić information content (AvgIpc) is 3.35. The first kappa shape index (κ1) is 21.0. The largest absolute Gasteiger partial charge is 0.478 e. The summed E-state index contributed by atoms with van der Waals surface area (Å²) in [5, 5.41) is 16.4. The van der Waals surface area contributed by atoms with Crippen LogP contribution in [0.2, 0.25) is 5.02 Å². The summed E-state index contributed by atoms with van der Waals surface area (Å²) in [5.74, 6) is -2.18. The lowest BCUT2D eigenvalue weighted by atomic mass is 9.94. The first-order valence-corrected chi connectivity index (χ1v) is 10.1. The average molecular weight is 443 g/mol. The number of hydrogen-bond donors (Lipinski definition) is 3. The van der Waals surface area contributed by atoms with Crippen LogP contribution in [0.15, 0.2) is 42.5 Å². The number of hydrogen-bond acceptors (Lipinski definition) is 4. The first-order chi connectivity index (χ1) is 14.9. The Bertz CT molecular complexity index is 1150. The summed E-state index contributed by atoms with van der Waals surface area (Å²) in [6.07, 6.45) is 0.410. The summed E-state index contributed by atoms with van der Waals surface area (Å²) < 4.78 is 13.6. The predicted octanol–water partition coefficient (Wildman–Crippen LogP) is 3.54. The van der Waals surface area contributed by atoms with Gasteiger partial charge in [0.1, 0.15) is 5.82 Å². The number of carboxylic acid groups (broad SMARTS) is 1. The number of H-pyrrole nitrogens is 1. The molecule has 0 spiro atoms. The van der Waals surface area contributed by atoms with Crippen molar-refractivity contribution in [3.63, 3.8) is 0 Å². The Morgan fingerprint density at radius 2 is 1.97 bits per heavy atom. The lowest BCUT2D eigenvalue weighted by Crippen LogP contribution is -2.32. The normalized spacial score (nSPS) is 13.8. The molecule has 9 heteroatoms. The predicted molar refractivity (Wildman–Crippen MR) is 113 cm³/mol. The van der Waals surface area contributed by atoms with Crippen molar-refractivity contribution in [2.75, 3.05) is 6.54 Å². The van der Waals surface area contributed by atoms with Gasteiger partial charge in [0, 0.05) is 11.1 Å². The Morgan fingerprint density at radius 1 is 1.23 bits per heavy atom. The minimum Gasteiger partial charge on any atom is -0.478 e. The fraction of sp³-hybridized carbons (Fsp3) is 0.227. The van der Waals surface area contributed by atoms with Crippen LogP contribution in [0.3, 0.4) is 0 Å². The first-order valence-electron chi connectivity index (χ1n) is 9.72. The molecule has 0 saturated heterocycles. The van der Waals surface area contributed by atoms with Crippen LogP contribution in [0, 0.1) is 5.82 Å². The fourth-order valence-electron chi connectivity index (χ4n) is 3.85. The fourth-order valence-corrected chi connectivity index (χ4v) is 4.04. The molecule has 7 nitrogen and oxygen atoms in total. The summed E-state index contributed by atoms with van der Waals surface area (Å²) in [6.45, 7) is 1.02. The molecule has 31 heavy (non-hydrogen) atoms. The van der Waals surface area contributed by atoms with Gasteiger partial charge in [-0.3, -0.25) is 9.89 Å². The number of carboxylic acids is 1. The van der Waals surface area contributed by atoms with Gasteiger partial charge in [0.25, 0.3) is 0 Å².